The van der Waals surface area contributed by atoms with Crippen molar-refractivity contribution < 1.29 is 51.0 Å². The quantitative estimate of drug-likeness (QED) is 0.0936. The molecule has 1 unspecified atom stereocenters. The number of hydrogen-bond donors (Lipinski definition) is 3. The summed E-state index contributed by atoms with van der Waals surface area (Å²) in [6.07, 6.45) is -2.93. The van der Waals surface area contributed by atoms with Gasteiger partial charge in [-0.1, -0.05) is 48.5 Å². The lowest BCUT2D eigenvalue weighted by Gasteiger charge is -2.34. The van der Waals surface area contributed by atoms with Crippen LogP contribution >= 0.6 is 0 Å². The fourth-order valence-corrected chi connectivity index (χ4v) is 6.56. The number of alkyl halides is 3. The van der Waals surface area contributed by atoms with E-state index < -0.39 is 70.5 Å². The van der Waals surface area contributed by atoms with E-state index in [0.717, 1.165) is 22.5 Å². The van der Waals surface area contributed by atoms with Gasteiger partial charge in [0, 0.05) is 30.8 Å². The van der Waals surface area contributed by atoms with E-state index in [0.29, 0.717) is 5.56 Å². The molecule has 1 aromatic heterocycles. The van der Waals surface area contributed by atoms with Crippen molar-refractivity contribution in [2.45, 2.75) is 83.5 Å². The second-order valence-electron chi connectivity index (χ2n) is 15.9. The zero-order chi connectivity index (χ0) is 43.8. The first kappa shape index (κ1) is 45.0. The monoisotopic (exact) mass is 836 g/mol. The van der Waals surface area contributed by atoms with E-state index in [4.69, 9.17) is 9.47 Å². The maximum atomic E-state index is 14.4. The smallest absolute Gasteiger partial charge is 0.416 e. The van der Waals surface area contributed by atoms with Crippen LogP contribution in [0, 0.1) is 11.7 Å². The van der Waals surface area contributed by atoms with Crippen LogP contribution in [0.3, 0.4) is 0 Å². The first-order chi connectivity index (χ1) is 28.2. The van der Waals surface area contributed by atoms with Crippen LogP contribution in [-0.2, 0) is 36.6 Å². The molecule has 3 aromatic carbocycles. The van der Waals surface area contributed by atoms with Gasteiger partial charge in [0.1, 0.15) is 29.0 Å². The first-order valence-electron chi connectivity index (χ1n) is 19.2. The Morgan fingerprint density at radius 2 is 1.50 bits per heavy atom. The number of nitrogens with zero attached hydrogens (tertiary/aromatic N) is 3. The van der Waals surface area contributed by atoms with Crippen LogP contribution in [0.1, 0.15) is 80.6 Å². The summed E-state index contributed by atoms with van der Waals surface area (Å²) in [5.74, 6) is -3.64. The number of hydrogen-bond acceptors (Lipinski definition) is 8. The van der Waals surface area contributed by atoms with Crippen molar-refractivity contribution in [3.05, 3.63) is 119 Å². The lowest BCUT2D eigenvalue weighted by molar-refractivity contribution is -0.140. The first-order valence-corrected chi connectivity index (χ1v) is 19.2. The van der Waals surface area contributed by atoms with Crippen LogP contribution in [0.2, 0.25) is 0 Å². The standard InChI is InChI=1S/C43H48F4N6O7/c1-41(2,3)60-40(58)51-42(4,5)39(57)49-33(25-59-24-27-11-7-6-8-12-27)37(55)50-34-23-53(26-48-34)35(31-13-9-10-14-32(31)43(45,46)47)38(56)52-21-19-29(20-22-52)36(54)28-15-17-30(44)18-16-28/h6-18,23,26,29,33,35H,19-22,24-25H2,1-5H3,(H,49,57)(H,50,55)(H,51,58)/t33-,35?/m1/s1. The molecule has 3 N–H and O–H groups in total. The van der Waals surface area contributed by atoms with Crippen molar-refractivity contribution in [1.82, 2.24) is 25.1 Å². The molecular weight excluding hydrogens is 788 g/mol. The lowest BCUT2D eigenvalue weighted by Crippen LogP contribution is -2.59. The molecule has 1 aliphatic rings. The number of nitrogens with one attached hydrogen (secondary N) is 3. The normalized spacial score (nSPS) is 14.8. The summed E-state index contributed by atoms with van der Waals surface area (Å²) in [5, 5.41) is 7.63. The van der Waals surface area contributed by atoms with Gasteiger partial charge in [-0.3, -0.25) is 19.2 Å². The molecule has 0 bridgehead atoms. The molecule has 60 heavy (non-hydrogen) atoms. The van der Waals surface area contributed by atoms with Crippen LogP contribution < -0.4 is 16.0 Å². The summed E-state index contributed by atoms with van der Waals surface area (Å²) >= 11 is 0. The van der Waals surface area contributed by atoms with Crippen molar-refractivity contribution in [3.63, 3.8) is 0 Å². The minimum Gasteiger partial charge on any atom is -0.444 e. The number of amides is 4. The molecule has 4 aromatic rings. The van der Waals surface area contributed by atoms with E-state index in [1.54, 1.807) is 45.0 Å². The van der Waals surface area contributed by atoms with Gasteiger partial charge in [0.15, 0.2) is 11.6 Å². The number of likely N-dealkylation sites (tertiary alicyclic amines) is 1. The molecule has 5 rings (SSSR count). The predicted molar refractivity (Wildman–Crippen MR) is 212 cm³/mol. The summed E-state index contributed by atoms with van der Waals surface area (Å²) < 4.78 is 68.9. The van der Waals surface area contributed by atoms with Crippen LogP contribution in [0.25, 0.3) is 0 Å². The summed E-state index contributed by atoms with van der Waals surface area (Å²) in [4.78, 5) is 72.8. The molecule has 13 nitrogen and oxygen atoms in total. The molecule has 1 aliphatic heterocycles. The molecule has 17 heteroatoms. The number of imidazole rings is 1. The highest BCUT2D eigenvalue weighted by Gasteiger charge is 2.40. The van der Waals surface area contributed by atoms with Crippen LogP contribution in [0.15, 0.2) is 91.4 Å². The molecule has 2 heterocycles. The number of anilines is 1. The molecule has 2 atom stereocenters. The van der Waals surface area contributed by atoms with E-state index >= 15 is 0 Å². The number of aromatic nitrogens is 2. The van der Waals surface area contributed by atoms with Gasteiger partial charge in [-0.25, -0.2) is 14.2 Å². The molecule has 0 spiro atoms. The third-order valence-corrected chi connectivity index (χ3v) is 9.65. The van der Waals surface area contributed by atoms with Gasteiger partial charge in [0.25, 0.3) is 5.91 Å². The van der Waals surface area contributed by atoms with E-state index in [1.165, 1.54) is 67.4 Å². The highest BCUT2D eigenvalue weighted by molar-refractivity contribution is 5.99. The number of ether oxygens (including phenoxy) is 2. The van der Waals surface area contributed by atoms with Crippen molar-refractivity contribution in [2.24, 2.45) is 5.92 Å². The number of carbonyl (C=O) groups is 5. The van der Waals surface area contributed by atoms with Gasteiger partial charge < -0.3 is 34.9 Å². The van der Waals surface area contributed by atoms with Crippen molar-refractivity contribution in [3.8, 4) is 0 Å². The summed E-state index contributed by atoms with van der Waals surface area (Å²) in [6.45, 7) is 7.65. The van der Waals surface area contributed by atoms with Crippen LogP contribution in [0.4, 0.5) is 28.2 Å². The minimum atomic E-state index is -4.83. The Kier molecular flexibility index (Phi) is 14.1. The third-order valence-electron chi connectivity index (χ3n) is 9.65. The summed E-state index contributed by atoms with van der Waals surface area (Å²) in [6, 6.07) is 15.8. The molecule has 1 saturated heterocycles. The molecule has 0 aliphatic carbocycles. The Labute approximate surface area is 344 Å². The maximum absolute atomic E-state index is 14.4. The topological polar surface area (TPSA) is 161 Å². The Morgan fingerprint density at radius 1 is 0.867 bits per heavy atom. The van der Waals surface area contributed by atoms with Gasteiger partial charge in [0.05, 0.1) is 25.1 Å². The SMILES string of the molecule is CC(C)(C)OC(=O)NC(C)(C)C(=O)N[C@H](COCc1ccccc1)C(=O)Nc1cn(C(C(=O)N2CCC(C(=O)c3ccc(F)cc3)CC2)c2ccccc2C(F)(F)F)cn1. The van der Waals surface area contributed by atoms with Gasteiger partial charge in [0.2, 0.25) is 11.8 Å². The maximum Gasteiger partial charge on any atom is 0.416 e. The average Bonchev–Trinajstić information content (AvgIpc) is 3.64. The Bertz CT molecular complexity index is 2140. The third kappa shape index (κ3) is 12.0. The summed E-state index contributed by atoms with van der Waals surface area (Å²) in [5.41, 5.74) is -2.73. The second kappa shape index (κ2) is 18.9. The van der Waals surface area contributed by atoms with Crippen LogP contribution in [-0.4, -0.2) is 80.9 Å². The molecule has 4 amide bonds. The fourth-order valence-electron chi connectivity index (χ4n) is 6.56. The molecule has 0 radical (unpaired) electrons. The predicted octanol–water partition coefficient (Wildman–Crippen LogP) is 6.70. The summed E-state index contributed by atoms with van der Waals surface area (Å²) in [7, 11) is 0. The van der Waals surface area contributed by atoms with Gasteiger partial charge in [-0.05, 0) is 88.9 Å². The van der Waals surface area contributed by atoms with E-state index in [-0.39, 0.29) is 56.3 Å². The highest BCUT2D eigenvalue weighted by atomic mass is 19.4. The molecule has 320 valence electrons. The number of rotatable bonds is 14. The number of benzene rings is 3. The van der Waals surface area contributed by atoms with E-state index in [2.05, 4.69) is 20.9 Å². The van der Waals surface area contributed by atoms with Gasteiger partial charge in [-0.15, -0.1) is 0 Å². The average molecular weight is 837 g/mol. The highest BCUT2D eigenvalue weighted by Crippen LogP contribution is 2.37. The number of carbonyl (C=O) groups excluding carboxylic acids is 5. The van der Waals surface area contributed by atoms with Crippen LogP contribution in [0.5, 0.6) is 0 Å². The van der Waals surface area contributed by atoms with Gasteiger partial charge >= 0.3 is 12.3 Å². The van der Waals surface area contributed by atoms with Crippen molar-refractivity contribution in [1.29, 1.82) is 0 Å². The van der Waals surface area contributed by atoms with Crippen molar-refractivity contribution >= 4 is 35.4 Å². The second-order valence-corrected chi connectivity index (χ2v) is 15.9. The number of piperidine rings is 1. The number of ketones is 1. The number of halogens is 4. The number of alkyl carbamates (subject to hydrolysis) is 1. The zero-order valence-corrected chi connectivity index (χ0v) is 33.8. The largest absolute Gasteiger partial charge is 0.444 e. The van der Waals surface area contributed by atoms with Crippen molar-refractivity contribution in [2.75, 3.05) is 25.0 Å². The molecule has 0 saturated carbocycles. The number of Topliss-reactive ketones (excluding diaryl/α,β-unsaturated/α-hetero) is 1. The lowest BCUT2D eigenvalue weighted by atomic mass is 9.88. The van der Waals surface area contributed by atoms with Gasteiger partial charge in [-0.2, -0.15) is 13.2 Å². The van der Waals surface area contributed by atoms with E-state index in [9.17, 15) is 41.5 Å². The Morgan fingerprint density at radius 3 is 2.13 bits per heavy atom. The minimum absolute atomic E-state index is 0.0584. The van der Waals surface area contributed by atoms with E-state index in [1.807, 2.05) is 6.07 Å². The Hall–Kier alpha value is -6.10. The Balaban J connectivity index is 1.37. The zero-order valence-electron chi connectivity index (χ0n) is 33.8. The fraction of sp³-hybridized carbons (Fsp3) is 0.395. The molecule has 1 fully saturated rings. The molecular formula is C43H48F4N6O7.